The number of hydrogen-bond donors (Lipinski definition) is 2. The van der Waals surface area contributed by atoms with Gasteiger partial charge >= 0.3 is 0 Å². The predicted octanol–water partition coefficient (Wildman–Crippen LogP) is 3.34. The van der Waals surface area contributed by atoms with Gasteiger partial charge in [0.2, 0.25) is 0 Å². The molecule has 0 aromatic heterocycles. The number of rotatable bonds is 7. The molecular weight excluding hydrogens is 299 g/mol. The molecule has 0 saturated carbocycles. The molecule has 0 heterocycles. The van der Waals surface area contributed by atoms with E-state index in [9.17, 15) is 19.6 Å². The van der Waals surface area contributed by atoms with Crippen molar-refractivity contribution in [2.24, 2.45) is 0 Å². The molecule has 2 aromatic carbocycles. The van der Waals surface area contributed by atoms with Crippen molar-refractivity contribution in [3.8, 4) is 0 Å². The molecule has 0 aliphatic carbocycles. The molecule has 0 aliphatic rings. The van der Waals surface area contributed by atoms with Crippen molar-refractivity contribution >= 4 is 5.69 Å². The van der Waals surface area contributed by atoms with E-state index >= 15 is 0 Å². The first-order valence-electron chi connectivity index (χ1n) is 7.36. The third-order valence-electron chi connectivity index (χ3n) is 3.61. The highest BCUT2D eigenvalue weighted by Crippen LogP contribution is 2.19. The van der Waals surface area contributed by atoms with E-state index < -0.39 is 11.0 Å². The molecule has 2 atom stereocenters. The lowest BCUT2D eigenvalue weighted by Gasteiger charge is -2.18. The predicted molar refractivity (Wildman–Crippen MR) is 85.4 cm³/mol. The smallest absolute Gasteiger partial charge is 0.269 e. The van der Waals surface area contributed by atoms with E-state index in [4.69, 9.17) is 0 Å². The molecule has 0 saturated heterocycles. The highest BCUT2D eigenvalue weighted by Gasteiger charge is 2.13. The van der Waals surface area contributed by atoms with Crippen molar-refractivity contribution in [2.75, 3.05) is 0 Å². The van der Waals surface area contributed by atoms with Gasteiger partial charge in [-0.1, -0.05) is 24.3 Å². The summed E-state index contributed by atoms with van der Waals surface area (Å²) in [4.78, 5) is 10.3. The Kier molecular flexibility index (Phi) is 5.78. The molecule has 0 amide bonds. The first-order chi connectivity index (χ1) is 11.0. The number of nitrogens with one attached hydrogen (secondary N) is 1. The van der Waals surface area contributed by atoms with Crippen molar-refractivity contribution in [1.29, 1.82) is 0 Å². The van der Waals surface area contributed by atoms with Crippen LogP contribution in [0.15, 0.2) is 48.5 Å². The van der Waals surface area contributed by atoms with E-state index in [1.807, 2.05) is 13.0 Å². The fourth-order valence-corrected chi connectivity index (χ4v) is 2.31. The van der Waals surface area contributed by atoms with Gasteiger partial charge in [0.05, 0.1) is 11.0 Å². The number of nitro groups is 1. The zero-order chi connectivity index (χ0) is 16.8. The average molecular weight is 318 g/mol. The van der Waals surface area contributed by atoms with Gasteiger partial charge in [-0.25, -0.2) is 4.39 Å². The van der Waals surface area contributed by atoms with Crippen LogP contribution in [0.1, 0.15) is 30.6 Å². The maximum Gasteiger partial charge on any atom is 0.269 e. The zero-order valence-corrected chi connectivity index (χ0v) is 12.8. The minimum absolute atomic E-state index is 0.00526. The van der Waals surface area contributed by atoms with Gasteiger partial charge < -0.3 is 10.4 Å². The van der Waals surface area contributed by atoms with Crippen LogP contribution >= 0.6 is 0 Å². The van der Waals surface area contributed by atoms with E-state index in [2.05, 4.69) is 5.32 Å². The van der Waals surface area contributed by atoms with E-state index in [0.717, 1.165) is 5.56 Å². The molecule has 2 aromatic rings. The van der Waals surface area contributed by atoms with Gasteiger partial charge in [0.15, 0.2) is 0 Å². The quantitative estimate of drug-likeness (QED) is 0.606. The Hall–Kier alpha value is -2.31. The first-order valence-corrected chi connectivity index (χ1v) is 7.36. The van der Waals surface area contributed by atoms with Crippen LogP contribution in [0.4, 0.5) is 10.1 Å². The van der Waals surface area contributed by atoms with Gasteiger partial charge in [0, 0.05) is 24.7 Å². The number of non-ortho nitro benzene ring substituents is 1. The summed E-state index contributed by atoms with van der Waals surface area (Å²) in [6.45, 7) is 2.39. The third kappa shape index (κ3) is 5.12. The van der Waals surface area contributed by atoms with E-state index in [1.165, 1.54) is 24.3 Å². The minimum Gasteiger partial charge on any atom is -0.388 e. The largest absolute Gasteiger partial charge is 0.388 e. The van der Waals surface area contributed by atoms with Crippen LogP contribution in [0.2, 0.25) is 0 Å². The van der Waals surface area contributed by atoms with E-state index in [1.54, 1.807) is 18.2 Å². The number of halogens is 1. The second-order valence-corrected chi connectivity index (χ2v) is 5.51. The molecular formula is C17H19FN2O3. The molecule has 5 nitrogen and oxygen atoms in total. The fourth-order valence-electron chi connectivity index (χ4n) is 2.31. The van der Waals surface area contributed by atoms with Gasteiger partial charge in [-0.05, 0) is 36.6 Å². The number of benzene rings is 2. The lowest BCUT2D eigenvalue weighted by molar-refractivity contribution is -0.384. The molecule has 122 valence electrons. The maximum atomic E-state index is 12.9. The second-order valence-electron chi connectivity index (χ2n) is 5.51. The molecule has 0 spiro atoms. The minimum atomic E-state index is -0.691. The molecule has 2 N–H and O–H groups in total. The van der Waals surface area contributed by atoms with Crippen LogP contribution < -0.4 is 5.32 Å². The standard InChI is InChI=1S/C17H19FN2O3/c1-12(9-17(21)14-5-7-15(18)8-6-14)19-11-13-3-2-4-16(10-13)20(22)23/h2-8,10,12,17,19,21H,9,11H2,1H3. The number of nitrogens with zero attached hydrogens (tertiary/aromatic N) is 1. The Morgan fingerprint density at radius 1 is 1.26 bits per heavy atom. The Bertz CT molecular complexity index is 661. The summed E-state index contributed by atoms with van der Waals surface area (Å²) in [5.74, 6) is -0.335. The molecule has 23 heavy (non-hydrogen) atoms. The number of hydrogen-bond acceptors (Lipinski definition) is 4. The van der Waals surface area contributed by atoms with Gasteiger partial charge in [0.25, 0.3) is 5.69 Å². The molecule has 2 unspecified atom stereocenters. The highest BCUT2D eigenvalue weighted by atomic mass is 19.1. The van der Waals surface area contributed by atoms with Crippen LogP contribution in [-0.2, 0) is 6.54 Å². The fraction of sp³-hybridized carbons (Fsp3) is 0.294. The Labute approximate surface area is 133 Å². The highest BCUT2D eigenvalue weighted by molar-refractivity contribution is 5.34. The van der Waals surface area contributed by atoms with Crippen LogP contribution in [0, 0.1) is 15.9 Å². The Morgan fingerprint density at radius 2 is 1.96 bits per heavy atom. The van der Waals surface area contributed by atoms with E-state index in [-0.39, 0.29) is 17.5 Å². The molecule has 0 radical (unpaired) electrons. The van der Waals surface area contributed by atoms with Crippen LogP contribution in [-0.4, -0.2) is 16.1 Å². The summed E-state index contributed by atoms with van der Waals surface area (Å²) in [6.07, 6.45) is -0.233. The summed E-state index contributed by atoms with van der Waals surface area (Å²) in [6, 6.07) is 12.2. The van der Waals surface area contributed by atoms with Gasteiger partial charge in [-0.2, -0.15) is 0 Å². The average Bonchev–Trinajstić information content (AvgIpc) is 2.53. The normalized spacial score (nSPS) is 13.5. The molecule has 0 aliphatic heterocycles. The molecule has 6 heteroatoms. The van der Waals surface area contributed by atoms with Crippen LogP contribution in [0.5, 0.6) is 0 Å². The SMILES string of the molecule is CC(CC(O)c1ccc(F)cc1)NCc1cccc([N+](=O)[O-])c1. The number of nitro benzene ring substituents is 1. The van der Waals surface area contributed by atoms with Gasteiger partial charge in [-0.3, -0.25) is 10.1 Å². The van der Waals surface area contributed by atoms with Crippen molar-refractivity contribution < 1.29 is 14.4 Å². The summed E-state index contributed by atoms with van der Waals surface area (Å²) >= 11 is 0. The number of aliphatic hydroxyl groups excluding tert-OH is 1. The topological polar surface area (TPSA) is 75.4 Å². The van der Waals surface area contributed by atoms with Crippen molar-refractivity contribution in [3.05, 3.63) is 75.6 Å². The van der Waals surface area contributed by atoms with Crippen molar-refractivity contribution in [3.63, 3.8) is 0 Å². The Morgan fingerprint density at radius 3 is 2.61 bits per heavy atom. The zero-order valence-electron chi connectivity index (χ0n) is 12.8. The van der Waals surface area contributed by atoms with Gasteiger partial charge in [0.1, 0.15) is 5.82 Å². The van der Waals surface area contributed by atoms with Crippen LogP contribution in [0.3, 0.4) is 0 Å². The monoisotopic (exact) mass is 318 g/mol. The second kappa shape index (κ2) is 7.80. The maximum absolute atomic E-state index is 12.9. The number of aliphatic hydroxyl groups is 1. The third-order valence-corrected chi connectivity index (χ3v) is 3.61. The molecule has 0 bridgehead atoms. The summed E-state index contributed by atoms with van der Waals surface area (Å²) < 4.78 is 12.9. The summed E-state index contributed by atoms with van der Waals surface area (Å²) in [5.41, 5.74) is 1.53. The Balaban J connectivity index is 1.87. The van der Waals surface area contributed by atoms with E-state index in [0.29, 0.717) is 18.5 Å². The lowest BCUT2D eigenvalue weighted by Crippen LogP contribution is -2.27. The molecule has 2 rings (SSSR count). The van der Waals surface area contributed by atoms with Crippen molar-refractivity contribution in [2.45, 2.75) is 32.0 Å². The first kappa shape index (κ1) is 17.1. The summed E-state index contributed by atoms with van der Waals surface area (Å²) in [5, 5.41) is 24.1. The summed E-state index contributed by atoms with van der Waals surface area (Å²) in [7, 11) is 0. The lowest BCUT2D eigenvalue weighted by atomic mass is 10.0. The van der Waals surface area contributed by atoms with Crippen molar-refractivity contribution in [1.82, 2.24) is 5.32 Å². The van der Waals surface area contributed by atoms with Gasteiger partial charge in [-0.15, -0.1) is 0 Å². The molecule has 0 fully saturated rings. The van der Waals surface area contributed by atoms with Crippen LogP contribution in [0.25, 0.3) is 0 Å².